The van der Waals surface area contributed by atoms with Crippen LogP contribution in [0.15, 0.2) is 24.3 Å². The van der Waals surface area contributed by atoms with E-state index in [2.05, 4.69) is 62.2 Å². The summed E-state index contributed by atoms with van der Waals surface area (Å²) in [5.74, 6) is 1.46. The highest BCUT2D eigenvalue weighted by Gasteiger charge is 2.24. The van der Waals surface area contributed by atoms with Gasteiger partial charge in [0.1, 0.15) is 0 Å². The molecule has 1 heterocycles. The van der Waals surface area contributed by atoms with E-state index in [-0.39, 0.29) is 0 Å². The van der Waals surface area contributed by atoms with Crippen LogP contribution in [0.2, 0.25) is 0 Å². The zero-order valence-corrected chi connectivity index (χ0v) is 12.8. The van der Waals surface area contributed by atoms with Gasteiger partial charge >= 0.3 is 0 Å². The van der Waals surface area contributed by atoms with Crippen molar-refractivity contribution in [3.05, 3.63) is 29.8 Å². The molecule has 0 fully saturated rings. The third kappa shape index (κ3) is 3.97. The van der Waals surface area contributed by atoms with Crippen LogP contribution in [0.25, 0.3) is 0 Å². The van der Waals surface area contributed by atoms with E-state index in [1.807, 2.05) is 0 Å². The fourth-order valence-corrected chi connectivity index (χ4v) is 2.99. The highest BCUT2D eigenvalue weighted by Crippen LogP contribution is 2.24. The van der Waals surface area contributed by atoms with Crippen LogP contribution in [0.3, 0.4) is 0 Å². The van der Waals surface area contributed by atoms with E-state index in [1.165, 1.54) is 30.8 Å². The first-order chi connectivity index (χ1) is 9.06. The van der Waals surface area contributed by atoms with Gasteiger partial charge in [0.05, 0.1) is 0 Å². The molecular weight excluding hydrogens is 232 g/mol. The molecule has 0 amide bonds. The SMILES string of the molecule is CC(C)CN(CC(C)C)C1CNc2ccccc2C1. The summed E-state index contributed by atoms with van der Waals surface area (Å²) in [4.78, 5) is 2.68. The van der Waals surface area contributed by atoms with E-state index in [0.29, 0.717) is 6.04 Å². The Balaban J connectivity index is 2.07. The molecular formula is C17H28N2. The van der Waals surface area contributed by atoms with Crippen molar-refractivity contribution in [2.45, 2.75) is 40.2 Å². The molecule has 2 nitrogen and oxygen atoms in total. The van der Waals surface area contributed by atoms with Crippen LogP contribution in [0.5, 0.6) is 0 Å². The number of rotatable bonds is 5. The molecule has 1 aromatic rings. The second-order valence-corrected chi connectivity index (χ2v) is 6.64. The van der Waals surface area contributed by atoms with Gasteiger partial charge in [-0.25, -0.2) is 0 Å². The molecule has 2 heteroatoms. The molecule has 1 aliphatic heterocycles. The molecule has 106 valence electrons. The van der Waals surface area contributed by atoms with Crippen LogP contribution >= 0.6 is 0 Å². The van der Waals surface area contributed by atoms with Crippen molar-refractivity contribution in [1.82, 2.24) is 4.90 Å². The van der Waals surface area contributed by atoms with Crippen LogP contribution < -0.4 is 5.32 Å². The summed E-state index contributed by atoms with van der Waals surface area (Å²) in [6.07, 6.45) is 1.18. The van der Waals surface area contributed by atoms with Gasteiger partial charge in [0.15, 0.2) is 0 Å². The molecule has 1 unspecified atom stereocenters. The molecule has 19 heavy (non-hydrogen) atoms. The van der Waals surface area contributed by atoms with E-state index < -0.39 is 0 Å². The summed E-state index contributed by atoms with van der Waals surface area (Å²) in [5, 5.41) is 3.60. The summed E-state index contributed by atoms with van der Waals surface area (Å²) < 4.78 is 0. The first-order valence-corrected chi connectivity index (χ1v) is 7.62. The Kier molecular flexibility index (Phi) is 4.87. The maximum Gasteiger partial charge on any atom is 0.0373 e. The van der Waals surface area contributed by atoms with Gasteiger partial charge in [0.2, 0.25) is 0 Å². The fourth-order valence-electron chi connectivity index (χ4n) is 2.99. The van der Waals surface area contributed by atoms with Crippen molar-refractivity contribution < 1.29 is 0 Å². The van der Waals surface area contributed by atoms with Gasteiger partial charge in [0.25, 0.3) is 0 Å². The number of anilines is 1. The van der Waals surface area contributed by atoms with E-state index in [0.717, 1.165) is 18.4 Å². The van der Waals surface area contributed by atoms with E-state index in [4.69, 9.17) is 0 Å². The van der Waals surface area contributed by atoms with Crippen molar-refractivity contribution in [2.24, 2.45) is 11.8 Å². The summed E-state index contributed by atoms with van der Waals surface area (Å²) in [5.41, 5.74) is 2.80. The quantitative estimate of drug-likeness (QED) is 0.869. The molecule has 1 N–H and O–H groups in total. The van der Waals surface area contributed by atoms with E-state index in [9.17, 15) is 0 Å². The summed E-state index contributed by atoms with van der Waals surface area (Å²) >= 11 is 0. The Bertz CT molecular complexity index is 388. The van der Waals surface area contributed by atoms with Crippen molar-refractivity contribution in [3.8, 4) is 0 Å². The van der Waals surface area contributed by atoms with Crippen LogP contribution in [0, 0.1) is 11.8 Å². The minimum absolute atomic E-state index is 0.639. The Hall–Kier alpha value is -1.02. The molecule has 2 rings (SSSR count). The predicted molar refractivity (Wildman–Crippen MR) is 83.7 cm³/mol. The van der Waals surface area contributed by atoms with Gasteiger partial charge in [-0.2, -0.15) is 0 Å². The highest BCUT2D eigenvalue weighted by molar-refractivity contribution is 5.53. The number of para-hydroxylation sites is 1. The minimum atomic E-state index is 0.639. The first kappa shape index (κ1) is 14.4. The van der Waals surface area contributed by atoms with Crippen molar-refractivity contribution in [1.29, 1.82) is 0 Å². The maximum atomic E-state index is 3.60. The molecule has 0 spiro atoms. The minimum Gasteiger partial charge on any atom is -0.383 e. The molecule has 0 aliphatic carbocycles. The molecule has 0 radical (unpaired) electrons. The molecule has 0 aromatic heterocycles. The fraction of sp³-hybridized carbons (Fsp3) is 0.647. The zero-order valence-electron chi connectivity index (χ0n) is 12.8. The van der Waals surface area contributed by atoms with Crippen LogP contribution in [-0.4, -0.2) is 30.6 Å². The van der Waals surface area contributed by atoms with Gasteiger partial charge < -0.3 is 5.32 Å². The van der Waals surface area contributed by atoms with Gasteiger partial charge in [-0.1, -0.05) is 45.9 Å². The van der Waals surface area contributed by atoms with Crippen LogP contribution in [-0.2, 0) is 6.42 Å². The van der Waals surface area contributed by atoms with Gasteiger partial charge in [-0.05, 0) is 29.9 Å². The number of hydrogen-bond acceptors (Lipinski definition) is 2. The number of nitrogens with one attached hydrogen (secondary N) is 1. The number of fused-ring (bicyclic) bond motifs is 1. The molecule has 1 atom stereocenters. The van der Waals surface area contributed by atoms with Crippen molar-refractivity contribution in [3.63, 3.8) is 0 Å². The smallest absolute Gasteiger partial charge is 0.0373 e. The van der Waals surface area contributed by atoms with Gasteiger partial charge in [-0.3, -0.25) is 4.90 Å². The topological polar surface area (TPSA) is 15.3 Å². The molecule has 0 saturated carbocycles. The third-order valence-electron chi connectivity index (χ3n) is 3.72. The monoisotopic (exact) mass is 260 g/mol. The molecule has 1 aromatic carbocycles. The lowest BCUT2D eigenvalue weighted by Crippen LogP contribution is -2.47. The third-order valence-corrected chi connectivity index (χ3v) is 3.72. The Morgan fingerprint density at radius 3 is 2.37 bits per heavy atom. The Morgan fingerprint density at radius 2 is 1.74 bits per heavy atom. The lowest BCUT2D eigenvalue weighted by Gasteiger charge is -2.37. The number of hydrogen-bond donors (Lipinski definition) is 1. The van der Waals surface area contributed by atoms with Crippen LogP contribution in [0.1, 0.15) is 33.3 Å². The summed E-state index contributed by atoms with van der Waals surface area (Å²) in [6, 6.07) is 9.36. The Labute approximate surface area is 118 Å². The normalized spacial score (nSPS) is 18.8. The lowest BCUT2D eigenvalue weighted by atomic mass is 9.97. The zero-order chi connectivity index (χ0) is 13.8. The average molecular weight is 260 g/mol. The van der Waals surface area contributed by atoms with E-state index in [1.54, 1.807) is 0 Å². The molecule has 0 saturated heterocycles. The van der Waals surface area contributed by atoms with Crippen LogP contribution in [0.4, 0.5) is 5.69 Å². The second-order valence-electron chi connectivity index (χ2n) is 6.64. The highest BCUT2D eigenvalue weighted by atomic mass is 15.2. The van der Waals surface area contributed by atoms with Crippen molar-refractivity contribution >= 4 is 5.69 Å². The van der Waals surface area contributed by atoms with Gasteiger partial charge in [-0.15, -0.1) is 0 Å². The molecule has 0 bridgehead atoms. The molecule has 1 aliphatic rings. The lowest BCUT2D eigenvalue weighted by molar-refractivity contribution is 0.159. The predicted octanol–water partition coefficient (Wildman–Crippen LogP) is 3.64. The largest absolute Gasteiger partial charge is 0.383 e. The standard InChI is InChI=1S/C17H28N2/c1-13(2)11-19(12-14(3)4)16-9-15-7-5-6-8-17(15)18-10-16/h5-8,13-14,16,18H,9-12H2,1-4H3. The van der Waals surface area contributed by atoms with E-state index >= 15 is 0 Å². The first-order valence-electron chi connectivity index (χ1n) is 7.62. The maximum absolute atomic E-state index is 3.60. The number of nitrogens with zero attached hydrogens (tertiary/aromatic N) is 1. The number of benzene rings is 1. The average Bonchev–Trinajstić information content (AvgIpc) is 2.36. The van der Waals surface area contributed by atoms with Gasteiger partial charge in [0, 0.05) is 31.4 Å². The second kappa shape index (κ2) is 6.42. The summed E-state index contributed by atoms with van der Waals surface area (Å²) in [6.45, 7) is 12.7. The summed E-state index contributed by atoms with van der Waals surface area (Å²) in [7, 11) is 0. The Morgan fingerprint density at radius 1 is 1.11 bits per heavy atom. The van der Waals surface area contributed by atoms with Crippen molar-refractivity contribution in [2.75, 3.05) is 25.0 Å².